The standard InChI is InChI=1S/C13H19NO2/c1-10-6-8-14-9-11(10)12(15)5-7-13(2,3)16-4/h6,8-9H,5,7H2,1-4H3. The first-order valence-corrected chi connectivity index (χ1v) is 5.45. The fourth-order valence-electron chi connectivity index (χ4n) is 1.41. The van der Waals surface area contributed by atoms with Crippen LogP contribution in [0.3, 0.4) is 0 Å². The van der Waals surface area contributed by atoms with E-state index < -0.39 is 0 Å². The first kappa shape index (κ1) is 12.8. The molecule has 88 valence electrons. The summed E-state index contributed by atoms with van der Waals surface area (Å²) in [5.41, 5.74) is 1.45. The molecule has 1 aromatic rings. The van der Waals surface area contributed by atoms with E-state index in [1.165, 1.54) is 0 Å². The van der Waals surface area contributed by atoms with Gasteiger partial charge in [0.1, 0.15) is 0 Å². The zero-order chi connectivity index (χ0) is 12.2. The lowest BCUT2D eigenvalue weighted by molar-refractivity contribution is 0.0141. The number of hydrogen-bond acceptors (Lipinski definition) is 3. The van der Waals surface area contributed by atoms with Crippen LogP contribution in [-0.4, -0.2) is 23.5 Å². The number of ether oxygens (including phenoxy) is 1. The van der Waals surface area contributed by atoms with Gasteiger partial charge in [-0.15, -0.1) is 0 Å². The third-order valence-corrected chi connectivity index (χ3v) is 2.85. The Morgan fingerprint density at radius 1 is 1.50 bits per heavy atom. The highest BCUT2D eigenvalue weighted by molar-refractivity contribution is 5.97. The lowest BCUT2D eigenvalue weighted by Gasteiger charge is -2.22. The number of ketones is 1. The van der Waals surface area contributed by atoms with E-state index in [1.54, 1.807) is 19.5 Å². The Kier molecular flexibility index (Phi) is 4.19. The molecule has 3 nitrogen and oxygen atoms in total. The molecule has 0 saturated heterocycles. The van der Waals surface area contributed by atoms with Crippen molar-refractivity contribution in [3.05, 3.63) is 29.6 Å². The van der Waals surface area contributed by atoms with Gasteiger partial charge in [0.15, 0.2) is 5.78 Å². The van der Waals surface area contributed by atoms with Crippen molar-refractivity contribution in [1.82, 2.24) is 4.98 Å². The molecule has 0 N–H and O–H groups in total. The number of nitrogens with zero attached hydrogens (tertiary/aromatic N) is 1. The van der Waals surface area contributed by atoms with Crippen molar-refractivity contribution in [2.24, 2.45) is 0 Å². The second kappa shape index (κ2) is 5.21. The summed E-state index contributed by atoms with van der Waals surface area (Å²) in [6, 6.07) is 1.86. The molecule has 0 radical (unpaired) electrons. The van der Waals surface area contributed by atoms with Gasteiger partial charge in [-0.2, -0.15) is 0 Å². The summed E-state index contributed by atoms with van der Waals surface area (Å²) in [7, 11) is 1.67. The van der Waals surface area contributed by atoms with Crippen LogP contribution in [0.1, 0.15) is 42.6 Å². The van der Waals surface area contributed by atoms with Gasteiger partial charge in [0.05, 0.1) is 5.60 Å². The number of Topliss-reactive ketones (excluding diaryl/α,β-unsaturated/α-hetero) is 1. The van der Waals surface area contributed by atoms with Gasteiger partial charge in [0.25, 0.3) is 0 Å². The van der Waals surface area contributed by atoms with Gasteiger partial charge in [-0.05, 0) is 38.8 Å². The van der Waals surface area contributed by atoms with E-state index in [1.807, 2.05) is 26.8 Å². The van der Waals surface area contributed by atoms with Gasteiger partial charge in [0.2, 0.25) is 0 Å². The van der Waals surface area contributed by atoms with Crippen LogP contribution in [0.5, 0.6) is 0 Å². The molecule has 0 bridgehead atoms. The van der Waals surface area contributed by atoms with Gasteiger partial charge in [-0.1, -0.05) is 0 Å². The monoisotopic (exact) mass is 221 g/mol. The van der Waals surface area contributed by atoms with Crippen LogP contribution in [0.15, 0.2) is 18.5 Å². The van der Waals surface area contributed by atoms with Gasteiger partial charge in [-0.3, -0.25) is 9.78 Å². The Hall–Kier alpha value is -1.22. The first-order valence-electron chi connectivity index (χ1n) is 5.45. The maximum absolute atomic E-state index is 11.9. The molecule has 16 heavy (non-hydrogen) atoms. The predicted octanol–water partition coefficient (Wildman–Crippen LogP) is 2.78. The lowest BCUT2D eigenvalue weighted by atomic mass is 9.97. The molecule has 0 aromatic carbocycles. The third-order valence-electron chi connectivity index (χ3n) is 2.85. The van der Waals surface area contributed by atoms with Crippen molar-refractivity contribution in [2.75, 3.05) is 7.11 Å². The molecule has 0 saturated carbocycles. The van der Waals surface area contributed by atoms with E-state index in [0.717, 1.165) is 17.5 Å². The summed E-state index contributed by atoms with van der Waals surface area (Å²) in [6.45, 7) is 5.89. The van der Waals surface area contributed by atoms with Crippen LogP contribution < -0.4 is 0 Å². The summed E-state index contributed by atoms with van der Waals surface area (Å²) >= 11 is 0. The van der Waals surface area contributed by atoms with Crippen LogP contribution in [-0.2, 0) is 4.74 Å². The summed E-state index contributed by atoms with van der Waals surface area (Å²) in [5.74, 6) is 0.135. The van der Waals surface area contributed by atoms with E-state index in [9.17, 15) is 4.79 Å². The second-order valence-corrected chi connectivity index (χ2v) is 4.58. The number of aryl methyl sites for hydroxylation is 1. The molecule has 1 aromatic heterocycles. The Morgan fingerprint density at radius 2 is 2.19 bits per heavy atom. The Balaban J connectivity index is 2.64. The molecule has 0 atom stereocenters. The number of hydrogen-bond donors (Lipinski definition) is 0. The van der Waals surface area contributed by atoms with Gasteiger partial charge >= 0.3 is 0 Å². The smallest absolute Gasteiger partial charge is 0.164 e. The molecule has 0 aliphatic carbocycles. The Morgan fingerprint density at radius 3 is 2.75 bits per heavy atom. The highest BCUT2D eigenvalue weighted by Crippen LogP contribution is 2.18. The molecular formula is C13H19NO2. The number of carbonyl (C=O) groups excluding carboxylic acids is 1. The number of rotatable bonds is 5. The van der Waals surface area contributed by atoms with Gasteiger partial charge in [0, 0.05) is 31.5 Å². The molecule has 0 amide bonds. The number of pyridine rings is 1. The summed E-state index contributed by atoms with van der Waals surface area (Å²) < 4.78 is 5.29. The fourth-order valence-corrected chi connectivity index (χ4v) is 1.41. The SMILES string of the molecule is COC(C)(C)CCC(=O)c1cnccc1C. The first-order chi connectivity index (χ1) is 7.46. The molecule has 1 rings (SSSR count). The van der Waals surface area contributed by atoms with E-state index in [4.69, 9.17) is 4.74 Å². The maximum atomic E-state index is 11.9. The normalized spacial score (nSPS) is 11.5. The molecule has 0 fully saturated rings. The zero-order valence-corrected chi connectivity index (χ0v) is 10.4. The van der Waals surface area contributed by atoms with Crippen LogP contribution in [0.4, 0.5) is 0 Å². The minimum absolute atomic E-state index is 0.135. The van der Waals surface area contributed by atoms with Gasteiger partial charge in [-0.25, -0.2) is 0 Å². The quantitative estimate of drug-likeness (QED) is 0.718. The third kappa shape index (κ3) is 3.42. The molecule has 1 heterocycles. The summed E-state index contributed by atoms with van der Waals surface area (Å²) in [5, 5.41) is 0. The van der Waals surface area contributed by atoms with E-state index in [-0.39, 0.29) is 11.4 Å². The minimum Gasteiger partial charge on any atom is -0.379 e. The second-order valence-electron chi connectivity index (χ2n) is 4.58. The Labute approximate surface area is 96.8 Å². The molecule has 0 aliphatic rings. The van der Waals surface area contributed by atoms with E-state index >= 15 is 0 Å². The highest BCUT2D eigenvalue weighted by Gasteiger charge is 2.19. The molecule has 3 heteroatoms. The van der Waals surface area contributed by atoms with Crippen LogP contribution in [0.25, 0.3) is 0 Å². The van der Waals surface area contributed by atoms with Crippen LogP contribution in [0, 0.1) is 6.92 Å². The maximum Gasteiger partial charge on any atom is 0.164 e. The predicted molar refractivity (Wildman–Crippen MR) is 63.6 cm³/mol. The Bertz CT molecular complexity index is 372. The average Bonchev–Trinajstić information content (AvgIpc) is 2.27. The topological polar surface area (TPSA) is 39.2 Å². The zero-order valence-electron chi connectivity index (χ0n) is 10.4. The number of methoxy groups -OCH3 is 1. The fraction of sp³-hybridized carbons (Fsp3) is 0.538. The molecule has 0 unspecified atom stereocenters. The molecule has 0 aliphatic heterocycles. The van der Waals surface area contributed by atoms with Crippen LogP contribution >= 0.6 is 0 Å². The van der Waals surface area contributed by atoms with Crippen molar-refractivity contribution in [1.29, 1.82) is 0 Å². The average molecular weight is 221 g/mol. The summed E-state index contributed by atoms with van der Waals surface area (Å²) in [4.78, 5) is 15.9. The molecule has 0 spiro atoms. The minimum atomic E-state index is -0.244. The summed E-state index contributed by atoms with van der Waals surface area (Å²) in [6.07, 6.45) is 4.55. The van der Waals surface area contributed by atoms with Crippen molar-refractivity contribution in [3.63, 3.8) is 0 Å². The van der Waals surface area contributed by atoms with E-state index in [2.05, 4.69) is 4.98 Å². The van der Waals surface area contributed by atoms with Gasteiger partial charge < -0.3 is 4.74 Å². The lowest BCUT2D eigenvalue weighted by Crippen LogP contribution is -2.23. The number of aromatic nitrogens is 1. The van der Waals surface area contributed by atoms with Crippen molar-refractivity contribution in [2.45, 2.75) is 39.2 Å². The highest BCUT2D eigenvalue weighted by atomic mass is 16.5. The largest absolute Gasteiger partial charge is 0.379 e. The van der Waals surface area contributed by atoms with Crippen molar-refractivity contribution < 1.29 is 9.53 Å². The molecular weight excluding hydrogens is 202 g/mol. The van der Waals surface area contributed by atoms with Crippen LogP contribution in [0.2, 0.25) is 0 Å². The number of carbonyl (C=O) groups is 1. The van der Waals surface area contributed by atoms with E-state index in [0.29, 0.717) is 6.42 Å². The van der Waals surface area contributed by atoms with Crippen molar-refractivity contribution in [3.8, 4) is 0 Å². The van der Waals surface area contributed by atoms with Crippen molar-refractivity contribution >= 4 is 5.78 Å².